The van der Waals surface area contributed by atoms with E-state index < -0.39 is 29.9 Å². The Morgan fingerprint density at radius 3 is 2.33 bits per heavy atom. The molecule has 138 valence electrons. The molecule has 0 saturated carbocycles. The molecule has 0 aromatic carbocycles. The average Bonchev–Trinajstić information content (AvgIpc) is 2.54. The van der Waals surface area contributed by atoms with Gasteiger partial charge in [0.1, 0.15) is 18.6 Å². The SMILES string of the molecule is COC(=O)CNC(=O)C(CC(C)C)NC(=O)C(CCSC)NC=O. The van der Waals surface area contributed by atoms with Crippen molar-refractivity contribution < 1.29 is 23.9 Å². The van der Waals surface area contributed by atoms with E-state index in [2.05, 4.69) is 20.7 Å². The lowest BCUT2D eigenvalue weighted by Gasteiger charge is -2.23. The van der Waals surface area contributed by atoms with Gasteiger partial charge in [0.2, 0.25) is 18.2 Å². The van der Waals surface area contributed by atoms with Gasteiger partial charge in [-0.2, -0.15) is 11.8 Å². The first-order chi connectivity index (χ1) is 11.3. The molecule has 0 spiro atoms. The van der Waals surface area contributed by atoms with Crippen LogP contribution in [0.25, 0.3) is 0 Å². The Bertz CT molecular complexity index is 431. The highest BCUT2D eigenvalue weighted by molar-refractivity contribution is 7.98. The summed E-state index contributed by atoms with van der Waals surface area (Å²) in [5, 5.41) is 7.55. The lowest BCUT2D eigenvalue weighted by molar-refractivity contribution is -0.141. The first kappa shape index (κ1) is 22.2. The van der Waals surface area contributed by atoms with E-state index in [9.17, 15) is 19.2 Å². The summed E-state index contributed by atoms with van der Waals surface area (Å²) in [6, 6.07) is -1.48. The second-order valence-electron chi connectivity index (χ2n) is 5.60. The van der Waals surface area contributed by atoms with Gasteiger partial charge < -0.3 is 20.7 Å². The molecule has 0 aromatic heterocycles. The van der Waals surface area contributed by atoms with Crippen molar-refractivity contribution in [3.05, 3.63) is 0 Å². The van der Waals surface area contributed by atoms with Crippen LogP contribution in [0.1, 0.15) is 26.7 Å². The molecule has 0 rings (SSSR count). The summed E-state index contributed by atoms with van der Waals surface area (Å²) in [7, 11) is 1.23. The molecule has 0 radical (unpaired) electrons. The Kier molecular flexibility index (Phi) is 11.7. The number of methoxy groups -OCH3 is 1. The summed E-state index contributed by atoms with van der Waals surface area (Å²) in [5.41, 5.74) is 0. The van der Waals surface area contributed by atoms with Crippen LogP contribution < -0.4 is 16.0 Å². The number of carbonyl (C=O) groups is 4. The fourth-order valence-corrected chi connectivity index (χ4v) is 2.41. The van der Waals surface area contributed by atoms with Gasteiger partial charge in [-0.3, -0.25) is 19.2 Å². The van der Waals surface area contributed by atoms with Gasteiger partial charge in [-0.1, -0.05) is 13.8 Å². The number of amides is 3. The van der Waals surface area contributed by atoms with Crippen LogP contribution in [0.2, 0.25) is 0 Å². The van der Waals surface area contributed by atoms with Gasteiger partial charge in [-0.25, -0.2) is 0 Å². The Morgan fingerprint density at radius 1 is 1.17 bits per heavy atom. The van der Waals surface area contributed by atoms with Crippen LogP contribution in [-0.2, 0) is 23.9 Å². The highest BCUT2D eigenvalue weighted by Gasteiger charge is 2.26. The quantitative estimate of drug-likeness (QED) is 0.324. The molecule has 0 aliphatic rings. The first-order valence-corrected chi connectivity index (χ1v) is 9.08. The summed E-state index contributed by atoms with van der Waals surface area (Å²) < 4.78 is 4.46. The molecule has 8 nitrogen and oxygen atoms in total. The van der Waals surface area contributed by atoms with E-state index in [1.807, 2.05) is 20.1 Å². The molecule has 24 heavy (non-hydrogen) atoms. The molecule has 9 heteroatoms. The highest BCUT2D eigenvalue weighted by Crippen LogP contribution is 2.07. The van der Waals surface area contributed by atoms with Gasteiger partial charge in [0, 0.05) is 0 Å². The van der Waals surface area contributed by atoms with E-state index >= 15 is 0 Å². The molecule has 2 atom stereocenters. The molecule has 3 amide bonds. The zero-order chi connectivity index (χ0) is 18.5. The van der Waals surface area contributed by atoms with Crippen LogP contribution in [0, 0.1) is 5.92 Å². The Hall–Kier alpha value is -1.77. The minimum absolute atomic E-state index is 0.155. The fourth-order valence-electron chi connectivity index (χ4n) is 1.94. The maximum Gasteiger partial charge on any atom is 0.325 e. The van der Waals surface area contributed by atoms with Gasteiger partial charge >= 0.3 is 5.97 Å². The maximum atomic E-state index is 12.3. The lowest BCUT2D eigenvalue weighted by atomic mass is 10.0. The summed E-state index contributed by atoms with van der Waals surface area (Å²) in [6.45, 7) is 3.57. The summed E-state index contributed by atoms with van der Waals surface area (Å²) in [6.07, 6.45) is 3.25. The van der Waals surface area contributed by atoms with Crippen molar-refractivity contribution in [3.8, 4) is 0 Å². The molecule has 3 N–H and O–H groups in total. The number of thioether (sulfide) groups is 1. The minimum Gasteiger partial charge on any atom is -0.468 e. The molecule has 0 fully saturated rings. The van der Waals surface area contributed by atoms with Crippen LogP contribution in [0.15, 0.2) is 0 Å². The van der Waals surface area contributed by atoms with Crippen LogP contribution in [0.3, 0.4) is 0 Å². The van der Waals surface area contributed by atoms with E-state index in [0.29, 0.717) is 25.0 Å². The third-order valence-corrected chi connectivity index (χ3v) is 3.82. The number of nitrogens with one attached hydrogen (secondary N) is 3. The van der Waals surface area contributed by atoms with E-state index in [-0.39, 0.29) is 12.5 Å². The molecule has 0 saturated heterocycles. The predicted octanol–water partition coefficient (Wildman–Crippen LogP) is -0.326. The van der Waals surface area contributed by atoms with Crippen molar-refractivity contribution >= 4 is 36.0 Å². The van der Waals surface area contributed by atoms with Gasteiger partial charge in [-0.05, 0) is 30.8 Å². The molecule has 2 unspecified atom stereocenters. The third kappa shape index (κ3) is 9.39. The number of hydrogen-bond acceptors (Lipinski definition) is 6. The first-order valence-electron chi connectivity index (χ1n) is 7.69. The molecule has 0 bridgehead atoms. The fraction of sp³-hybridized carbons (Fsp3) is 0.733. The normalized spacial score (nSPS) is 12.9. The average molecular weight is 361 g/mol. The number of carbonyl (C=O) groups excluding carboxylic acids is 4. The highest BCUT2D eigenvalue weighted by atomic mass is 32.2. The van der Waals surface area contributed by atoms with Gasteiger partial charge in [-0.15, -0.1) is 0 Å². The third-order valence-electron chi connectivity index (χ3n) is 3.17. The van der Waals surface area contributed by atoms with E-state index in [1.54, 1.807) is 11.8 Å². The van der Waals surface area contributed by atoms with Crippen LogP contribution in [-0.4, -0.2) is 61.9 Å². The smallest absolute Gasteiger partial charge is 0.325 e. The van der Waals surface area contributed by atoms with Gasteiger partial charge in [0.25, 0.3) is 0 Å². The molecular weight excluding hydrogens is 334 g/mol. The zero-order valence-corrected chi connectivity index (χ0v) is 15.4. The van der Waals surface area contributed by atoms with E-state index in [0.717, 1.165) is 0 Å². The summed E-state index contributed by atoms with van der Waals surface area (Å²) in [4.78, 5) is 46.3. The number of ether oxygens (including phenoxy) is 1. The van der Waals surface area contributed by atoms with E-state index in [1.165, 1.54) is 7.11 Å². The largest absolute Gasteiger partial charge is 0.468 e. The van der Waals surface area contributed by atoms with Crippen molar-refractivity contribution in [2.24, 2.45) is 5.92 Å². The van der Waals surface area contributed by atoms with Crippen molar-refractivity contribution in [1.29, 1.82) is 0 Å². The standard InChI is InChI=1S/C15H27N3O5S/c1-10(2)7-12(14(21)16-8-13(20)23-3)18-15(22)11(17-9-19)5-6-24-4/h9-12H,5-8H2,1-4H3,(H,16,21)(H,17,19)(H,18,22). The van der Waals surface area contributed by atoms with Gasteiger partial charge in [0.05, 0.1) is 7.11 Å². The van der Waals surface area contributed by atoms with E-state index in [4.69, 9.17) is 0 Å². The Morgan fingerprint density at radius 2 is 1.83 bits per heavy atom. The second-order valence-corrected chi connectivity index (χ2v) is 6.59. The van der Waals surface area contributed by atoms with Crippen molar-refractivity contribution in [2.75, 3.05) is 25.7 Å². The van der Waals surface area contributed by atoms with Crippen molar-refractivity contribution in [3.63, 3.8) is 0 Å². The molecular formula is C15H27N3O5S. The van der Waals surface area contributed by atoms with Crippen molar-refractivity contribution in [2.45, 2.75) is 38.8 Å². The molecule has 0 aliphatic heterocycles. The maximum absolute atomic E-state index is 12.3. The lowest BCUT2D eigenvalue weighted by Crippen LogP contribution is -2.53. The van der Waals surface area contributed by atoms with Crippen LogP contribution in [0.4, 0.5) is 0 Å². The van der Waals surface area contributed by atoms with Gasteiger partial charge in [0.15, 0.2) is 0 Å². The van der Waals surface area contributed by atoms with Crippen LogP contribution in [0.5, 0.6) is 0 Å². The minimum atomic E-state index is -0.785. The summed E-state index contributed by atoms with van der Waals surface area (Å²) in [5.74, 6) is -0.601. The Balaban J connectivity index is 4.83. The number of esters is 1. The topological polar surface area (TPSA) is 114 Å². The summed E-state index contributed by atoms with van der Waals surface area (Å²) >= 11 is 1.56. The molecule has 0 heterocycles. The number of hydrogen-bond donors (Lipinski definition) is 3. The van der Waals surface area contributed by atoms with Crippen molar-refractivity contribution in [1.82, 2.24) is 16.0 Å². The molecule has 0 aromatic rings. The second kappa shape index (κ2) is 12.6. The predicted molar refractivity (Wildman–Crippen MR) is 92.4 cm³/mol. The number of rotatable bonds is 12. The molecule has 0 aliphatic carbocycles. The van der Waals surface area contributed by atoms with Crippen LogP contribution >= 0.6 is 11.8 Å². The Labute approximate surface area is 146 Å². The zero-order valence-electron chi connectivity index (χ0n) is 14.6. The monoisotopic (exact) mass is 361 g/mol.